The molecule has 0 aliphatic rings. The maximum atomic E-state index is 11.9. The minimum Gasteiger partial charge on any atom is -0.360 e. The van der Waals surface area contributed by atoms with Crippen LogP contribution < -0.4 is 0 Å². The molecule has 0 bridgehead atoms. The monoisotopic (exact) mass is 250 g/mol. The number of carbonyl (C=O) groups is 2. The first kappa shape index (κ1) is 11.7. The Balaban J connectivity index is 2.53. The number of rotatable bonds is 2. The number of nitrogens with zero attached hydrogens (tertiary/aromatic N) is 1. The number of aromatic nitrogens is 1. The van der Waals surface area contributed by atoms with Crippen LogP contribution in [0.1, 0.15) is 10.4 Å². The molecule has 5 heteroatoms. The molecular weight excluding hydrogens is 240 g/mol. The van der Waals surface area contributed by atoms with E-state index in [-0.39, 0.29) is 0 Å². The van der Waals surface area contributed by atoms with Crippen LogP contribution in [-0.2, 0) is 4.79 Å². The fraction of sp³-hybridized carbons (Fsp3) is 0.167. The van der Waals surface area contributed by atoms with Gasteiger partial charge in [0.05, 0.1) is 5.56 Å². The van der Waals surface area contributed by atoms with Crippen LogP contribution in [0.2, 0.25) is 5.02 Å². The van der Waals surface area contributed by atoms with Gasteiger partial charge in [-0.05, 0) is 18.2 Å². The highest BCUT2D eigenvalue weighted by Crippen LogP contribution is 2.22. The summed E-state index contributed by atoms with van der Waals surface area (Å²) in [4.78, 5) is 27.7. The summed E-state index contributed by atoms with van der Waals surface area (Å²) in [6, 6.07) is 5.17. The van der Waals surface area contributed by atoms with Gasteiger partial charge in [-0.3, -0.25) is 9.59 Å². The number of fused-ring (bicyclic) bond motifs is 1. The van der Waals surface area contributed by atoms with Crippen molar-refractivity contribution in [3.63, 3.8) is 0 Å². The molecule has 0 aliphatic carbocycles. The molecule has 0 spiro atoms. The topological polar surface area (TPSA) is 53.2 Å². The first-order chi connectivity index (χ1) is 8.00. The van der Waals surface area contributed by atoms with E-state index in [9.17, 15) is 9.59 Å². The van der Waals surface area contributed by atoms with Crippen LogP contribution in [0.3, 0.4) is 0 Å². The van der Waals surface area contributed by atoms with E-state index in [0.29, 0.717) is 16.0 Å². The van der Waals surface area contributed by atoms with Gasteiger partial charge < -0.3 is 9.88 Å². The normalized spacial score (nSPS) is 10.5. The third-order valence-corrected chi connectivity index (χ3v) is 2.72. The van der Waals surface area contributed by atoms with Gasteiger partial charge in [-0.25, -0.2) is 0 Å². The van der Waals surface area contributed by atoms with E-state index in [2.05, 4.69) is 4.98 Å². The van der Waals surface area contributed by atoms with Crippen molar-refractivity contribution >= 4 is 34.2 Å². The van der Waals surface area contributed by atoms with Crippen LogP contribution in [-0.4, -0.2) is 35.7 Å². The molecule has 1 aromatic heterocycles. The Morgan fingerprint density at radius 3 is 2.65 bits per heavy atom. The van der Waals surface area contributed by atoms with Crippen LogP contribution >= 0.6 is 11.6 Å². The van der Waals surface area contributed by atoms with Gasteiger partial charge in [-0.15, -0.1) is 0 Å². The second kappa shape index (κ2) is 4.22. The molecule has 0 fully saturated rings. The van der Waals surface area contributed by atoms with Crippen LogP contribution in [0, 0.1) is 0 Å². The van der Waals surface area contributed by atoms with Crippen molar-refractivity contribution in [1.82, 2.24) is 9.88 Å². The van der Waals surface area contributed by atoms with Crippen molar-refractivity contribution < 1.29 is 9.59 Å². The van der Waals surface area contributed by atoms with Gasteiger partial charge >= 0.3 is 0 Å². The molecule has 17 heavy (non-hydrogen) atoms. The second-order valence-corrected chi connectivity index (χ2v) is 4.36. The Labute approximate surface area is 103 Å². The summed E-state index contributed by atoms with van der Waals surface area (Å²) >= 11 is 5.87. The Morgan fingerprint density at radius 2 is 2.00 bits per heavy atom. The van der Waals surface area contributed by atoms with Gasteiger partial charge in [0.2, 0.25) is 0 Å². The SMILES string of the molecule is CN(C)C(=O)C(=O)c1c[nH]c2ccc(Cl)cc12. The molecule has 4 nitrogen and oxygen atoms in total. The average Bonchev–Trinajstić information content (AvgIpc) is 2.69. The zero-order valence-electron chi connectivity index (χ0n) is 9.45. The molecule has 1 heterocycles. The third kappa shape index (κ3) is 2.03. The van der Waals surface area contributed by atoms with Crippen molar-refractivity contribution in [3.05, 3.63) is 35.0 Å². The summed E-state index contributed by atoms with van der Waals surface area (Å²) in [5.74, 6) is -1.09. The number of hydrogen-bond donors (Lipinski definition) is 1. The molecule has 1 amide bonds. The van der Waals surface area contributed by atoms with E-state index in [0.717, 1.165) is 5.52 Å². The van der Waals surface area contributed by atoms with Crippen LogP contribution in [0.4, 0.5) is 0 Å². The van der Waals surface area contributed by atoms with Gasteiger partial charge in [0.1, 0.15) is 0 Å². The summed E-state index contributed by atoms with van der Waals surface area (Å²) in [5.41, 5.74) is 1.13. The summed E-state index contributed by atoms with van der Waals surface area (Å²) in [6.45, 7) is 0. The van der Waals surface area contributed by atoms with Gasteiger partial charge in [0.25, 0.3) is 11.7 Å². The molecule has 0 radical (unpaired) electrons. The minimum absolute atomic E-state index is 0.348. The highest BCUT2D eigenvalue weighted by atomic mass is 35.5. The lowest BCUT2D eigenvalue weighted by Crippen LogP contribution is -2.29. The predicted molar refractivity (Wildman–Crippen MR) is 66.3 cm³/mol. The molecule has 1 N–H and O–H groups in total. The molecule has 0 saturated carbocycles. The molecular formula is C12H11ClN2O2. The van der Waals surface area contributed by atoms with Crippen molar-refractivity contribution in [2.45, 2.75) is 0 Å². The van der Waals surface area contributed by atoms with Crippen molar-refractivity contribution in [3.8, 4) is 0 Å². The van der Waals surface area contributed by atoms with Gasteiger partial charge in [-0.1, -0.05) is 11.6 Å². The molecule has 2 rings (SSSR count). The van der Waals surface area contributed by atoms with E-state index in [1.54, 1.807) is 32.3 Å². The number of amides is 1. The van der Waals surface area contributed by atoms with Gasteiger partial charge in [-0.2, -0.15) is 0 Å². The lowest BCUT2D eigenvalue weighted by Gasteiger charge is -2.07. The lowest BCUT2D eigenvalue weighted by molar-refractivity contribution is -0.124. The number of hydrogen-bond acceptors (Lipinski definition) is 2. The summed E-state index contributed by atoms with van der Waals surface area (Å²) in [5, 5.41) is 1.20. The van der Waals surface area contributed by atoms with Gasteiger partial charge in [0, 0.05) is 36.2 Å². The van der Waals surface area contributed by atoms with Crippen molar-refractivity contribution in [2.75, 3.05) is 14.1 Å². The zero-order valence-corrected chi connectivity index (χ0v) is 10.2. The quantitative estimate of drug-likeness (QED) is 0.656. The summed E-state index contributed by atoms with van der Waals surface area (Å²) in [7, 11) is 3.09. The van der Waals surface area contributed by atoms with Gasteiger partial charge in [0.15, 0.2) is 0 Å². The van der Waals surface area contributed by atoms with Crippen LogP contribution in [0.25, 0.3) is 10.9 Å². The number of aromatic amines is 1. The van der Waals surface area contributed by atoms with Crippen LogP contribution in [0.5, 0.6) is 0 Å². The standard InChI is InChI=1S/C12H11ClN2O2/c1-15(2)12(17)11(16)9-6-14-10-4-3-7(13)5-8(9)10/h3-6,14H,1-2H3. The first-order valence-corrected chi connectivity index (χ1v) is 5.41. The third-order valence-electron chi connectivity index (χ3n) is 2.49. The minimum atomic E-state index is -0.550. The van der Waals surface area contributed by atoms with E-state index < -0.39 is 11.7 Å². The average molecular weight is 251 g/mol. The van der Waals surface area contributed by atoms with E-state index >= 15 is 0 Å². The number of nitrogens with one attached hydrogen (secondary N) is 1. The molecule has 2 aromatic rings. The van der Waals surface area contributed by atoms with E-state index in [1.807, 2.05) is 0 Å². The Bertz CT molecular complexity index is 602. The molecule has 0 aliphatic heterocycles. The van der Waals surface area contributed by atoms with Crippen molar-refractivity contribution in [1.29, 1.82) is 0 Å². The number of H-pyrrole nitrogens is 1. The highest BCUT2D eigenvalue weighted by molar-refractivity contribution is 6.45. The fourth-order valence-corrected chi connectivity index (χ4v) is 1.77. The molecule has 0 unspecified atom stereocenters. The van der Waals surface area contributed by atoms with Crippen molar-refractivity contribution in [2.24, 2.45) is 0 Å². The second-order valence-electron chi connectivity index (χ2n) is 3.92. The maximum Gasteiger partial charge on any atom is 0.294 e. The molecule has 0 saturated heterocycles. The number of carbonyl (C=O) groups excluding carboxylic acids is 2. The molecule has 0 atom stereocenters. The van der Waals surface area contributed by atoms with Crippen LogP contribution in [0.15, 0.2) is 24.4 Å². The molecule has 88 valence electrons. The Hall–Kier alpha value is -1.81. The maximum absolute atomic E-state index is 11.9. The summed E-state index contributed by atoms with van der Waals surface area (Å²) < 4.78 is 0. The summed E-state index contributed by atoms with van der Waals surface area (Å²) in [6.07, 6.45) is 1.53. The number of benzene rings is 1. The molecule has 1 aromatic carbocycles. The first-order valence-electron chi connectivity index (χ1n) is 5.03. The predicted octanol–water partition coefficient (Wildman–Crippen LogP) is 2.09. The number of Topliss-reactive ketones (excluding diaryl/α,β-unsaturated/α-hetero) is 1. The fourth-order valence-electron chi connectivity index (χ4n) is 1.60. The largest absolute Gasteiger partial charge is 0.360 e. The smallest absolute Gasteiger partial charge is 0.294 e. The van der Waals surface area contributed by atoms with E-state index in [1.165, 1.54) is 11.1 Å². The number of likely N-dealkylation sites (N-methyl/N-ethyl adjacent to an activating group) is 1. The van der Waals surface area contributed by atoms with E-state index in [4.69, 9.17) is 11.6 Å². The number of halogens is 1. The Morgan fingerprint density at radius 1 is 1.29 bits per heavy atom. The number of ketones is 1. The zero-order chi connectivity index (χ0) is 12.6. The highest BCUT2D eigenvalue weighted by Gasteiger charge is 2.21. The Kier molecular flexibility index (Phi) is 2.90. The lowest BCUT2D eigenvalue weighted by atomic mass is 10.1.